The first-order valence-corrected chi connectivity index (χ1v) is 4.71. The molecule has 0 aliphatic rings. The third-order valence-electron chi connectivity index (χ3n) is 2.04. The zero-order valence-corrected chi connectivity index (χ0v) is 8.95. The van der Waals surface area contributed by atoms with Crippen LogP contribution >= 0.6 is 11.6 Å². The van der Waals surface area contributed by atoms with Crippen LogP contribution in [-0.4, -0.2) is 23.3 Å². The largest absolute Gasteiger partial charge is 0.464 e. The molecule has 16 heavy (non-hydrogen) atoms. The number of aromatic nitrogens is 2. The Hall–Kier alpha value is -1.75. The molecule has 1 aromatic carbocycles. The number of esters is 1. The van der Waals surface area contributed by atoms with Gasteiger partial charge in [0.15, 0.2) is 5.69 Å². The van der Waals surface area contributed by atoms with Gasteiger partial charge in [0.05, 0.1) is 17.6 Å². The molecule has 0 radical (unpaired) electrons. The Balaban J connectivity index is 2.72. The van der Waals surface area contributed by atoms with Crippen LogP contribution in [0.4, 0.5) is 4.39 Å². The zero-order chi connectivity index (χ0) is 11.7. The number of nitrogens with zero attached hydrogens (tertiary/aromatic N) is 2. The van der Waals surface area contributed by atoms with Gasteiger partial charge in [-0.25, -0.2) is 9.18 Å². The van der Waals surface area contributed by atoms with E-state index in [1.807, 2.05) is 0 Å². The van der Waals surface area contributed by atoms with Gasteiger partial charge < -0.3 is 4.74 Å². The minimum atomic E-state index is -0.705. The van der Waals surface area contributed by atoms with Crippen molar-refractivity contribution in [3.8, 4) is 0 Å². The second kappa shape index (κ2) is 4.02. The van der Waals surface area contributed by atoms with Crippen LogP contribution in [0.2, 0.25) is 5.02 Å². The molecule has 0 bridgehead atoms. The minimum Gasteiger partial charge on any atom is -0.464 e. The Morgan fingerprint density at radius 3 is 2.88 bits per heavy atom. The van der Waals surface area contributed by atoms with Crippen LogP contribution in [0.25, 0.3) is 10.9 Å². The fourth-order valence-electron chi connectivity index (χ4n) is 1.27. The molecular weight excluding hydrogens is 235 g/mol. The van der Waals surface area contributed by atoms with Crippen molar-refractivity contribution >= 4 is 28.5 Å². The van der Waals surface area contributed by atoms with E-state index in [4.69, 9.17) is 11.6 Å². The Morgan fingerprint density at radius 2 is 2.19 bits per heavy atom. The van der Waals surface area contributed by atoms with Gasteiger partial charge in [-0.2, -0.15) is 0 Å². The van der Waals surface area contributed by atoms with Gasteiger partial charge in [-0.15, -0.1) is 10.2 Å². The van der Waals surface area contributed by atoms with Gasteiger partial charge in [-0.3, -0.25) is 0 Å². The maximum atomic E-state index is 13.0. The maximum Gasteiger partial charge on any atom is 0.360 e. The minimum absolute atomic E-state index is 0.0383. The Bertz CT molecular complexity index is 574. The summed E-state index contributed by atoms with van der Waals surface area (Å²) < 4.78 is 17.5. The number of methoxy groups -OCH3 is 1. The highest BCUT2D eigenvalue weighted by atomic mass is 35.5. The van der Waals surface area contributed by atoms with Crippen LogP contribution in [0, 0.1) is 5.82 Å². The predicted molar refractivity (Wildman–Crippen MR) is 55.8 cm³/mol. The molecule has 0 amide bonds. The van der Waals surface area contributed by atoms with Crippen molar-refractivity contribution in [2.24, 2.45) is 0 Å². The highest BCUT2D eigenvalue weighted by Gasteiger charge is 2.16. The SMILES string of the molecule is COC(=O)c1nnc2ccc(F)cc2c1Cl. The fraction of sp³-hybridized carbons (Fsp3) is 0.100. The molecule has 0 atom stereocenters. The summed E-state index contributed by atoms with van der Waals surface area (Å²) in [5.41, 5.74) is 0.293. The molecule has 0 fully saturated rings. The van der Waals surface area contributed by atoms with E-state index in [2.05, 4.69) is 14.9 Å². The first-order chi connectivity index (χ1) is 7.63. The number of rotatable bonds is 1. The zero-order valence-electron chi connectivity index (χ0n) is 8.20. The smallest absolute Gasteiger partial charge is 0.360 e. The van der Waals surface area contributed by atoms with Gasteiger partial charge >= 0.3 is 5.97 Å². The molecule has 2 aromatic rings. The van der Waals surface area contributed by atoms with Gasteiger partial charge in [-0.05, 0) is 18.2 Å². The molecule has 1 heterocycles. The molecule has 0 aliphatic heterocycles. The molecule has 0 saturated heterocycles. The molecule has 0 saturated carbocycles. The van der Waals surface area contributed by atoms with Crippen LogP contribution in [0.1, 0.15) is 10.5 Å². The Kier molecular flexibility index (Phi) is 2.70. The van der Waals surface area contributed by atoms with Crippen LogP contribution in [0.5, 0.6) is 0 Å². The van der Waals surface area contributed by atoms with Crippen molar-refractivity contribution in [3.05, 3.63) is 34.7 Å². The standard InChI is InChI=1S/C10H6ClFN2O2/c1-16-10(15)9-8(11)6-4-5(12)2-3-7(6)13-14-9/h2-4H,1H3. The second-order valence-corrected chi connectivity index (χ2v) is 3.39. The molecule has 2 rings (SSSR count). The average Bonchev–Trinajstić information content (AvgIpc) is 2.29. The molecule has 0 spiro atoms. The summed E-state index contributed by atoms with van der Waals surface area (Å²) in [5.74, 6) is -1.16. The summed E-state index contributed by atoms with van der Waals surface area (Å²) in [7, 11) is 1.20. The first kappa shape index (κ1) is 10.8. The molecule has 1 aromatic heterocycles. The van der Waals surface area contributed by atoms with Crippen molar-refractivity contribution in [1.29, 1.82) is 0 Å². The summed E-state index contributed by atoms with van der Waals surface area (Å²) in [5, 5.41) is 7.75. The van der Waals surface area contributed by atoms with Crippen LogP contribution < -0.4 is 0 Å². The predicted octanol–water partition coefficient (Wildman–Crippen LogP) is 2.21. The normalized spacial score (nSPS) is 10.4. The van der Waals surface area contributed by atoms with Gasteiger partial charge in [0, 0.05) is 5.39 Å². The number of ether oxygens (including phenoxy) is 1. The molecule has 4 nitrogen and oxygen atoms in total. The van der Waals surface area contributed by atoms with Crippen LogP contribution in [0.3, 0.4) is 0 Å². The van der Waals surface area contributed by atoms with Gasteiger partial charge in [0.25, 0.3) is 0 Å². The summed E-state index contributed by atoms with van der Waals surface area (Å²) in [6.07, 6.45) is 0. The lowest BCUT2D eigenvalue weighted by molar-refractivity contribution is 0.0593. The van der Waals surface area contributed by atoms with E-state index in [1.165, 1.54) is 25.3 Å². The van der Waals surface area contributed by atoms with Crippen molar-refractivity contribution in [1.82, 2.24) is 10.2 Å². The number of hydrogen-bond donors (Lipinski definition) is 0. The summed E-state index contributed by atoms with van der Waals surface area (Å²) >= 11 is 5.92. The lowest BCUT2D eigenvalue weighted by Crippen LogP contribution is -2.07. The third-order valence-corrected chi connectivity index (χ3v) is 2.42. The monoisotopic (exact) mass is 240 g/mol. The summed E-state index contributed by atoms with van der Waals surface area (Å²) in [4.78, 5) is 11.3. The highest BCUT2D eigenvalue weighted by molar-refractivity contribution is 6.37. The number of fused-ring (bicyclic) bond motifs is 1. The van der Waals surface area contributed by atoms with Gasteiger partial charge in [-0.1, -0.05) is 11.6 Å². The number of carbonyl (C=O) groups excluding carboxylic acids is 1. The highest BCUT2D eigenvalue weighted by Crippen LogP contribution is 2.25. The van der Waals surface area contributed by atoms with Crippen molar-refractivity contribution in [3.63, 3.8) is 0 Å². The number of carbonyl (C=O) groups is 1. The second-order valence-electron chi connectivity index (χ2n) is 3.02. The maximum absolute atomic E-state index is 13.0. The summed E-state index contributed by atoms with van der Waals surface area (Å²) in [6, 6.07) is 3.87. The molecule has 6 heteroatoms. The van der Waals surface area contributed by atoms with Gasteiger partial charge in [0.1, 0.15) is 5.82 Å². The number of hydrogen-bond acceptors (Lipinski definition) is 4. The molecule has 82 valence electrons. The van der Waals surface area contributed by atoms with E-state index >= 15 is 0 Å². The third kappa shape index (κ3) is 1.69. The topological polar surface area (TPSA) is 52.1 Å². The lowest BCUT2D eigenvalue weighted by atomic mass is 10.2. The van der Waals surface area contributed by atoms with E-state index in [0.717, 1.165) is 0 Å². The van der Waals surface area contributed by atoms with Gasteiger partial charge in [0.2, 0.25) is 0 Å². The van der Waals surface area contributed by atoms with E-state index in [0.29, 0.717) is 10.9 Å². The number of benzene rings is 1. The lowest BCUT2D eigenvalue weighted by Gasteiger charge is -2.03. The molecule has 0 aliphatic carbocycles. The Labute approximate surface area is 95.0 Å². The van der Waals surface area contributed by atoms with E-state index < -0.39 is 11.8 Å². The first-order valence-electron chi connectivity index (χ1n) is 4.33. The van der Waals surface area contributed by atoms with Crippen molar-refractivity contribution < 1.29 is 13.9 Å². The quantitative estimate of drug-likeness (QED) is 0.717. The van der Waals surface area contributed by atoms with Crippen molar-refractivity contribution in [2.45, 2.75) is 0 Å². The molecule has 0 unspecified atom stereocenters. The molecule has 0 N–H and O–H groups in total. The number of halogens is 2. The van der Waals surface area contributed by atoms with E-state index in [9.17, 15) is 9.18 Å². The van der Waals surface area contributed by atoms with E-state index in [1.54, 1.807) is 0 Å². The summed E-state index contributed by atoms with van der Waals surface area (Å²) in [6.45, 7) is 0. The fourth-order valence-corrected chi connectivity index (χ4v) is 1.54. The van der Waals surface area contributed by atoms with E-state index in [-0.39, 0.29) is 10.7 Å². The molecular formula is C10H6ClFN2O2. The average molecular weight is 241 g/mol. The Morgan fingerprint density at radius 1 is 1.44 bits per heavy atom. The van der Waals surface area contributed by atoms with Crippen LogP contribution in [0.15, 0.2) is 18.2 Å². The van der Waals surface area contributed by atoms with Crippen LogP contribution in [-0.2, 0) is 4.74 Å². The van der Waals surface area contributed by atoms with Crippen molar-refractivity contribution in [2.75, 3.05) is 7.11 Å².